The van der Waals surface area contributed by atoms with Gasteiger partial charge in [-0.2, -0.15) is 13.2 Å². The first kappa shape index (κ1) is 12.1. The van der Waals surface area contributed by atoms with Crippen LogP contribution in [0.3, 0.4) is 0 Å². The number of hydrogen-bond acceptors (Lipinski definition) is 2. The van der Waals surface area contributed by atoms with Gasteiger partial charge in [-0.05, 0) is 18.2 Å². The average Bonchev–Trinajstić information content (AvgIpc) is 2.46. The molecule has 2 N–H and O–H groups in total. The highest BCUT2D eigenvalue weighted by atomic mass is 35.5. The fraction of sp³-hybridized carbons (Fsp3) is 0.333. The summed E-state index contributed by atoms with van der Waals surface area (Å²) in [6, 6.07) is 2.90. The Morgan fingerprint density at radius 2 is 2.00 bits per heavy atom. The summed E-state index contributed by atoms with van der Waals surface area (Å²) in [6.45, 7) is 0.247. The Kier molecular flexibility index (Phi) is 3.16. The average molecular weight is 240 g/mol. The molecular formula is C9H9ClF3NO. The zero-order valence-electron chi connectivity index (χ0n) is 7.54. The van der Waals surface area contributed by atoms with E-state index in [0.29, 0.717) is 11.3 Å². The molecule has 0 saturated heterocycles. The Hall–Kier alpha value is -0.940. The van der Waals surface area contributed by atoms with Gasteiger partial charge in [-0.3, -0.25) is 0 Å². The van der Waals surface area contributed by atoms with E-state index in [9.17, 15) is 13.2 Å². The number of alkyl halides is 3. The highest BCUT2D eigenvalue weighted by Gasteiger charge is 2.33. The van der Waals surface area contributed by atoms with Gasteiger partial charge in [0.1, 0.15) is 12.4 Å². The van der Waals surface area contributed by atoms with Crippen molar-refractivity contribution in [3.63, 3.8) is 0 Å². The number of nitrogens with two attached hydrogens (primary N) is 1. The van der Waals surface area contributed by atoms with Crippen molar-refractivity contribution >= 4 is 12.4 Å². The third kappa shape index (κ3) is 2.18. The standard InChI is InChI=1S/C9H8F3NO.ClH/c10-9(11,12)5-1-2-8-6(3-5)7(13)4-14-8;/h1-3,7H,4,13H2;1H. The third-order valence-corrected chi connectivity index (χ3v) is 2.15. The van der Waals surface area contributed by atoms with E-state index in [1.54, 1.807) is 0 Å². The van der Waals surface area contributed by atoms with Gasteiger partial charge >= 0.3 is 6.18 Å². The molecule has 0 aliphatic carbocycles. The van der Waals surface area contributed by atoms with E-state index < -0.39 is 17.8 Å². The predicted octanol–water partition coefficient (Wildman–Crippen LogP) is 2.52. The zero-order chi connectivity index (χ0) is 10.3. The molecule has 0 radical (unpaired) electrons. The molecule has 2 nitrogen and oxygen atoms in total. The summed E-state index contributed by atoms with van der Waals surface area (Å²) in [7, 11) is 0. The van der Waals surface area contributed by atoms with Crippen LogP contribution < -0.4 is 10.5 Å². The van der Waals surface area contributed by atoms with Crippen LogP contribution >= 0.6 is 12.4 Å². The van der Waals surface area contributed by atoms with Crippen LogP contribution in [-0.4, -0.2) is 6.61 Å². The van der Waals surface area contributed by atoms with E-state index in [1.807, 2.05) is 0 Å². The maximum atomic E-state index is 12.3. The summed E-state index contributed by atoms with van der Waals surface area (Å²) >= 11 is 0. The van der Waals surface area contributed by atoms with Crippen molar-refractivity contribution in [2.75, 3.05) is 6.61 Å². The van der Waals surface area contributed by atoms with E-state index in [-0.39, 0.29) is 19.0 Å². The molecule has 15 heavy (non-hydrogen) atoms. The predicted molar refractivity (Wildman–Crippen MR) is 51.1 cm³/mol. The molecule has 1 aromatic carbocycles. The second-order valence-corrected chi connectivity index (χ2v) is 3.17. The topological polar surface area (TPSA) is 35.2 Å². The van der Waals surface area contributed by atoms with Crippen LogP contribution in [0.5, 0.6) is 5.75 Å². The van der Waals surface area contributed by atoms with E-state index in [1.165, 1.54) is 6.07 Å². The van der Waals surface area contributed by atoms with Crippen LogP contribution in [-0.2, 0) is 6.18 Å². The van der Waals surface area contributed by atoms with Crippen LogP contribution in [0.15, 0.2) is 18.2 Å². The van der Waals surface area contributed by atoms with Gasteiger partial charge in [-0.25, -0.2) is 0 Å². The van der Waals surface area contributed by atoms with Gasteiger partial charge in [-0.15, -0.1) is 12.4 Å². The monoisotopic (exact) mass is 239 g/mol. The molecule has 0 saturated carbocycles. The number of benzene rings is 1. The largest absolute Gasteiger partial charge is 0.491 e. The van der Waals surface area contributed by atoms with E-state index in [0.717, 1.165) is 12.1 Å². The van der Waals surface area contributed by atoms with E-state index >= 15 is 0 Å². The molecule has 1 aliphatic heterocycles. The Bertz CT molecular complexity index is 367. The minimum absolute atomic E-state index is 0. The van der Waals surface area contributed by atoms with Crippen LogP contribution in [0.1, 0.15) is 17.2 Å². The van der Waals surface area contributed by atoms with Crippen molar-refractivity contribution < 1.29 is 17.9 Å². The van der Waals surface area contributed by atoms with Crippen molar-refractivity contribution in [2.45, 2.75) is 12.2 Å². The Morgan fingerprint density at radius 3 is 2.60 bits per heavy atom. The van der Waals surface area contributed by atoms with Crippen molar-refractivity contribution in [2.24, 2.45) is 5.73 Å². The minimum atomic E-state index is -4.32. The molecule has 1 aromatic rings. The molecule has 6 heteroatoms. The lowest BCUT2D eigenvalue weighted by atomic mass is 10.1. The van der Waals surface area contributed by atoms with Gasteiger partial charge in [0.05, 0.1) is 11.6 Å². The molecule has 1 aliphatic rings. The maximum Gasteiger partial charge on any atom is 0.416 e. The molecule has 0 amide bonds. The first-order valence-corrected chi connectivity index (χ1v) is 4.08. The normalized spacial score (nSPS) is 19.1. The van der Waals surface area contributed by atoms with Gasteiger partial charge in [0.25, 0.3) is 0 Å². The van der Waals surface area contributed by atoms with Gasteiger partial charge in [0.15, 0.2) is 0 Å². The fourth-order valence-corrected chi connectivity index (χ4v) is 1.42. The molecule has 1 unspecified atom stereocenters. The van der Waals surface area contributed by atoms with Crippen molar-refractivity contribution in [1.29, 1.82) is 0 Å². The number of fused-ring (bicyclic) bond motifs is 1. The van der Waals surface area contributed by atoms with Crippen LogP contribution in [0.25, 0.3) is 0 Å². The van der Waals surface area contributed by atoms with Gasteiger partial charge < -0.3 is 10.5 Å². The molecule has 0 bridgehead atoms. The summed E-state index contributed by atoms with van der Waals surface area (Å²) in [5.41, 5.74) is 5.31. The SMILES string of the molecule is Cl.NC1COc2ccc(C(F)(F)F)cc21. The minimum Gasteiger partial charge on any atom is -0.491 e. The first-order valence-electron chi connectivity index (χ1n) is 4.08. The van der Waals surface area contributed by atoms with Crippen LogP contribution in [0.2, 0.25) is 0 Å². The molecule has 0 spiro atoms. The van der Waals surface area contributed by atoms with Gasteiger partial charge in [0, 0.05) is 5.56 Å². The van der Waals surface area contributed by atoms with E-state index in [2.05, 4.69) is 0 Å². The van der Waals surface area contributed by atoms with Crippen LogP contribution in [0, 0.1) is 0 Å². The highest BCUT2D eigenvalue weighted by molar-refractivity contribution is 5.85. The molecule has 1 atom stereocenters. The Balaban J connectivity index is 0.00000112. The summed E-state index contributed by atoms with van der Waals surface area (Å²) in [6.07, 6.45) is -4.32. The Labute approximate surface area is 90.6 Å². The fourth-order valence-electron chi connectivity index (χ4n) is 1.42. The Morgan fingerprint density at radius 1 is 1.33 bits per heavy atom. The second kappa shape index (κ2) is 3.90. The van der Waals surface area contributed by atoms with E-state index in [4.69, 9.17) is 10.5 Å². The number of rotatable bonds is 0. The molecule has 0 aromatic heterocycles. The molecule has 1 heterocycles. The smallest absolute Gasteiger partial charge is 0.416 e. The lowest BCUT2D eigenvalue weighted by Crippen LogP contribution is -2.12. The first-order chi connectivity index (χ1) is 6.48. The third-order valence-electron chi connectivity index (χ3n) is 2.15. The quantitative estimate of drug-likeness (QED) is 0.755. The van der Waals surface area contributed by atoms with Crippen molar-refractivity contribution in [3.8, 4) is 5.75 Å². The summed E-state index contributed by atoms with van der Waals surface area (Å²) < 4.78 is 42.0. The van der Waals surface area contributed by atoms with Gasteiger partial charge in [0.2, 0.25) is 0 Å². The number of ether oxygens (including phenoxy) is 1. The molecule has 2 rings (SSSR count). The molecule has 84 valence electrons. The van der Waals surface area contributed by atoms with Crippen molar-refractivity contribution in [1.82, 2.24) is 0 Å². The summed E-state index contributed by atoms with van der Waals surface area (Å²) in [5.74, 6) is 0.450. The number of hydrogen-bond donors (Lipinski definition) is 1. The zero-order valence-corrected chi connectivity index (χ0v) is 8.36. The van der Waals surface area contributed by atoms with Crippen molar-refractivity contribution in [3.05, 3.63) is 29.3 Å². The second-order valence-electron chi connectivity index (χ2n) is 3.17. The molecule has 0 fully saturated rings. The maximum absolute atomic E-state index is 12.3. The summed E-state index contributed by atoms with van der Waals surface area (Å²) in [4.78, 5) is 0. The number of halogens is 4. The van der Waals surface area contributed by atoms with Crippen LogP contribution in [0.4, 0.5) is 13.2 Å². The lowest BCUT2D eigenvalue weighted by molar-refractivity contribution is -0.137. The summed E-state index contributed by atoms with van der Waals surface area (Å²) in [5, 5.41) is 0. The molecular weight excluding hydrogens is 231 g/mol. The lowest BCUT2D eigenvalue weighted by Gasteiger charge is -2.08. The van der Waals surface area contributed by atoms with Gasteiger partial charge in [-0.1, -0.05) is 0 Å². The highest BCUT2D eigenvalue weighted by Crippen LogP contribution is 2.37.